The van der Waals surface area contributed by atoms with Gasteiger partial charge in [-0.15, -0.1) is 0 Å². The molecular formula is C13H16N2O2S. The second-order valence-electron chi connectivity index (χ2n) is 4.10. The number of hydrogen-bond donors (Lipinski definition) is 1. The number of thioether (sulfide) groups is 1. The Morgan fingerprint density at radius 1 is 1.50 bits per heavy atom. The van der Waals surface area contributed by atoms with E-state index in [1.54, 1.807) is 16.7 Å². The highest BCUT2D eigenvalue weighted by molar-refractivity contribution is 7.98. The third-order valence-electron chi connectivity index (χ3n) is 3.02. The van der Waals surface area contributed by atoms with Crippen LogP contribution in [0.5, 0.6) is 0 Å². The lowest BCUT2D eigenvalue weighted by atomic mass is 9.99. The molecule has 1 heterocycles. The van der Waals surface area contributed by atoms with Gasteiger partial charge in [-0.05, 0) is 12.3 Å². The van der Waals surface area contributed by atoms with Crippen LogP contribution in [0.3, 0.4) is 0 Å². The second kappa shape index (κ2) is 5.91. The fraction of sp³-hybridized carbons (Fsp3) is 0.385. The molecule has 1 N–H and O–H groups in total. The van der Waals surface area contributed by atoms with Crippen LogP contribution in [0.4, 0.5) is 5.69 Å². The van der Waals surface area contributed by atoms with Crippen LogP contribution in [-0.2, 0) is 4.79 Å². The van der Waals surface area contributed by atoms with E-state index in [0.717, 1.165) is 17.0 Å². The van der Waals surface area contributed by atoms with E-state index in [9.17, 15) is 4.79 Å². The van der Waals surface area contributed by atoms with E-state index in [1.807, 2.05) is 30.5 Å². The fourth-order valence-corrected chi connectivity index (χ4v) is 2.49. The summed E-state index contributed by atoms with van der Waals surface area (Å²) in [4.78, 5) is 13.9. The van der Waals surface area contributed by atoms with Crippen molar-refractivity contribution in [3.8, 4) is 0 Å². The molecular weight excluding hydrogens is 248 g/mol. The number of carbonyl (C=O) groups excluding carboxylic acids is 1. The third-order valence-corrected chi connectivity index (χ3v) is 3.63. The maximum absolute atomic E-state index is 12.1. The van der Waals surface area contributed by atoms with E-state index in [1.165, 1.54) is 0 Å². The van der Waals surface area contributed by atoms with Crippen LogP contribution in [0.25, 0.3) is 0 Å². The van der Waals surface area contributed by atoms with Gasteiger partial charge >= 0.3 is 0 Å². The standard InChI is InChI=1S/C13H16N2O2S/c1-18-9-7-13(16)15-8-6-11(14-17)10-4-2-3-5-12(10)15/h2-5,17H,6-9H2,1H3. The minimum Gasteiger partial charge on any atom is -0.411 e. The molecule has 0 aromatic heterocycles. The van der Waals surface area contributed by atoms with Gasteiger partial charge in [0.1, 0.15) is 0 Å². The molecule has 1 aromatic carbocycles. The van der Waals surface area contributed by atoms with Gasteiger partial charge in [0, 0.05) is 30.7 Å². The summed E-state index contributed by atoms with van der Waals surface area (Å²) in [5, 5.41) is 12.3. The summed E-state index contributed by atoms with van der Waals surface area (Å²) in [6, 6.07) is 7.57. The van der Waals surface area contributed by atoms with E-state index in [4.69, 9.17) is 5.21 Å². The van der Waals surface area contributed by atoms with Crippen molar-refractivity contribution in [2.24, 2.45) is 5.16 Å². The van der Waals surface area contributed by atoms with Gasteiger partial charge in [-0.25, -0.2) is 0 Å². The predicted molar refractivity (Wildman–Crippen MR) is 74.7 cm³/mol. The van der Waals surface area contributed by atoms with Crippen molar-refractivity contribution < 1.29 is 10.0 Å². The molecule has 5 heteroatoms. The Labute approximate surface area is 111 Å². The van der Waals surface area contributed by atoms with Crippen molar-refractivity contribution in [1.82, 2.24) is 0 Å². The van der Waals surface area contributed by atoms with E-state index in [0.29, 0.717) is 25.1 Å². The number of amides is 1. The lowest BCUT2D eigenvalue weighted by Crippen LogP contribution is -2.37. The van der Waals surface area contributed by atoms with E-state index in [-0.39, 0.29) is 5.91 Å². The summed E-state index contributed by atoms with van der Waals surface area (Å²) in [5.41, 5.74) is 2.35. The first-order valence-corrected chi connectivity index (χ1v) is 7.27. The highest BCUT2D eigenvalue weighted by Crippen LogP contribution is 2.27. The quantitative estimate of drug-likeness (QED) is 0.673. The van der Waals surface area contributed by atoms with E-state index < -0.39 is 0 Å². The first kappa shape index (κ1) is 13.0. The predicted octanol–water partition coefficient (Wildman–Crippen LogP) is 2.35. The zero-order valence-corrected chi connectivity index (χ0v) is 11.1. The Morgan fingerprint density at radius 2 is 2.28 bits per heavy atom. The summed E-state index contributed by atoms with van der Waals surface area (Å²) >= 11 is 1.67. The molecule has 0 atom stereocenters. The molecule has 0 spiro atoms. The van der Waals surface area contributed by atoms with Gasteiger partial charge in [-0.3, -0.25) is 4.79 Å². The Hall–Kier alpha value is -1.49. The van der Waals surface area contributed by atoms with Gasteiger partial charge in [0.25, 0.3) is 0 Å². The topological polar surface area (TPSA) is 52.9 Å². The molecule has 0 aliphatic carbocycles. The molecule has 1 amide bonds. The van der Waals surface area contributed by atoms with Crippen LogP contribution in [0.15, 0.2) is 29.4 Å². The zero-order chi connectivity index (χ0) is 13.0. The minimum atomic E-state index is 0.133. The maximum Gasteiger partial charge on any atom is 0.227 e. The SMILES string of the molecule is CSCCC(=O)N1CCC(=NO)c2ccccc21. The molecule has 0 radical (unpaired) electrons. The molecule has 18 heavy (non-hydrogen) atoms. The molecule has 0 saturated carbocycles. The van der Waals surface area contributed by atoms with Gasteiger partial charge in [0.15, 0.2) is 0 Å². The van der Waals surface area contributed by atoms with Crippen molar-refractivity contribution in [2.75, 3.05) is 23.5 Å². The molecule has 0 bridgehead atoms. The Balaban J connectivity index is 2.28. The summed E-state index contributed by atoms with van der Waals surface area (Å²) in [6.45, 7) is 0.587. The number of oxime groups is 1. The first-order valence-electron chi connectivity index (χ1n) is 5.87. The highest BCUT2D eigenvalue weighted by atomic mass is 32.2. The molecule has 4 nitrogen and oxygen atoms in total. The smallest absolute Gasteiger partial charge is 0.227 e. The summed E-state index contributed by atoms with van der Waals surface area (Å²) in [5.74, 6) is 0.965. The molecule has 0 saturated heterocycles. The average molecular weight is 264 g/mol. The average Bonchev–Trinajstić information content (AvgIpc) is 2.43. The highest BCUT2D eigenvalue weighted by Gasteiger charge is 2.25. The Kier molecular flexibility index (Phi) is 4.25. The molecule has 1 aliphatic heterocycles. The van der Waals surface area contributed by atoms with Gasteiger partial charge < -0.3 is 10.1 Å². The zero-order valence-electron chi connectivity index (χ0n) is 10.3. The minimum absolute atomic E-state index is 0.133. The third kappa shape index (κ3) is 2.51. The second-order valence-corrected chi connectivity index (χ2v) is 5.09. The van der Waals surface area contributed by atoms with Crippen molar-refractivity contribution in [2.45, 2.75) is 12.8 Å². The lowest BCUT2D eigenvalue weighted by Gasteiger charge is -2.29. The van der Waals surface area contributed by atoms with Gasteiger partial charge in [-0.2, -0.15) is 11.8 Å². The fourth-order valence-electron chi connectivity index (χ4n) is 2.11. The van der Waals surface area contributed by atoms with Gasteiger partial charge in [0.2, 0.25) is 5.91 Å². The Morgan fingerprint density at radius 3 is 3.00 bits per heavy atom. The molecule has 96 valence electrons. The van der Waals surface area contributed by atoms with E-state index >= 15 is 0 Å². The summed E-state index contributed by atoms with van der Waals surface area (Å²) < 4.78 is 0. The molecule has 0 unspecified atom stereocenters. The van der Waals surface area contributed by atoms with E-state index in [2.05, 4.69) is 5.16 Å². The summed E-state index contributed by atoms with van der Waals surface area (Å²) in [7, 11) is 0. The van der Waals surface area contributed by atoms with Gasteiger partial charge in [0.05, 0.1) is 11.4 Å². The number of benzene rings is 1. The number of carbonyl (C=O) groups is 1. The number of anilines is 1. The number of nitrogens with zero attached hydrogens (tertiary/aromatic N) is 2. The number of para-hydroxylation sites is 1. The van der Waals surface area contributed by atoms with Crippen LogP contribution in [0.1, 0.15) is 18.4 Å². The normalized spacial score (nSPS) is 16.7. The largest absolute Gasteiger partial charge is 0.411 e. The van der Waals surface area contributed by atoms with Crippen LogP contribution in [-0.4, -0.2) is 35.4 Å². The maximum atomic E-state index is 12.1. The molecule has 1 aromatic rings. The van der Waals surface area contributed by atoms with Gasteiger partial charge in [-0.1, -0.05) is 23.4 Å². The van der Waals surface area contributed by atoms with Crippen LogP contribution in [0.2, 0.25) is 0 Å². The Bertz CT molecular complexity index is 474. The van der Waals surface area contributed by atoms with Crippen molar-refractivity contribution in [3.05, 3.63) is 29.8 Å². The first-order chi connectivity index (χ1) is 8.77. The van der Waals surface area contributed by atoms with Crippen LogP contribution >= 0.6 is 11.8 Å². The molecule has 0 fully saturated rings. The van der Waals surface area contributed by atoms with Crippen molar-refractivity contribution >= 4 is 29.1 Å². The monoisotopic (exact) mass is 264 g/mol. The van der Waals surface area contributed by atoms with Crippen LogP contribution < -0.4 is 4.90 Å². The number of rotatable bonds is 3. The number of fused-ring (bicyclic) bond motifs is 1. The molecule has 1 aliphatic rings. The van der Waals surface area contributed by atoms with Crippen LogP contribution in [0, 0.1) is 0 Å². The van der Waals surface area contributed by atoms with Crippen molar-refractivity contribution in [3.63, 3.8) is 0 Å². The van der Waals surface area contributed by atoms with Crippen molar-refractivity contribution in [1.29, 1.82) is 0 Å². The summed E-state index contributed by atoms with van der Waals surface area (Å²) in [6.07, 6.45) is 3.13. The lowest BCUT2D eigenvalue weighted by molar-refractivity contribution is -0.118. The molecule has 2 rings (SSSR count). The number of hydrogen-bond acceptors (Lipinski definition) is 4.